The van der Waals surface area contributed by atoms with Crippen LogP contribution in [0.1, 0.15) is 37.0 Å². The van der Waals surface area contributed by atoms with Crippen LogP contribution in [-0.4, -0.2) is 17.3 Å². The highest BCUT2D eigenvalue weighted by Gasteiger charge is 2.18. The van der Waals surface area contributed by atoms with Gasteiger partial charge in [0.2, 0.25) is 0 Å². The van der Waals surface area contributed by atoms with E-state index < -0.39 is 4.92 Å². The van der Waals surface area contributed by atoms with Gasteiger partial charge in [-0.25, -0.2) is 0 Å². The number of hydrogen-bond acceptors (Lipinski definition) is 4. The molecular weight excluding hydrogens is 222 g/mol. The average molecular weight is 237 g/mol. The summed E-state index contributed by atoms with van der Waals surface area (Å²) < 4.78 is 5.36. The van der Waals surface area contributed by atoms with Gasteiger partial charge in [0.25, 0.3) is 5.69 Å². The minimum atomic E-state index is -0.566. The molecule has 5 nitrogen and oxygen atoms in total. The summed E-state index contributed by atoms with van der Waals surface area (Å²) in [4.78, 5) is 21.4. The number of Topliss-reactive ketones (excluding diaryl/α,β-unsaturated/α-hetero) is 1. The Labute approximate surface area is 99.5 Å². The van der Waals surface area contributed by atoms with Gasteiger partial charge in [-0.15, -0.1) is 0 Å². The van der Waals surface area contributed by atoms with Crippen LogP contribution in [0.5, 0.6) is 5.75 Å². The second kappa shape index (κ2) is 5.98. The first-order valence-corrected chi connectivity index (χ1v) is 5.48. The third-order valence-electron chi connectivity index (χ3n) is 2.31. The second-order valence-electron chi connectivity index (χ2n) is 3.69. The molecule has 1 rings (SSSR count). The van der Waals surface area contributed by atoms with Crippen molar-refractivity contribution in [1.82, 2.24) is 0 Å². The van der Waals surface area contributed by atoms with Gasteiger partial charge < -0.3 is 4.74 Å². The van der Waals surface area contributed by atoms with Crippen LogP contribution in [0.3, 0.4) is 0 Å². The fourth-order valence-electron chi connectivity index (χ4n) is 1.38. The molecule has 0 aliphatic carbocycles. The van der Waals surface area contributed by atoms with E-state index in [0.717, 1.165) is 12.8 Å². The summed E-state index contributed by atoms with van der Waals surface area (Å²) in [6, 6.07) is 4.31. The predicted molar refractivity (Wildman–Crippen MR) is 63.5 cm³/mol. The largest absolute Gasteiger partial charge is 0.493 e. The van der Waals surface area contributed by atoms with E-state index in [-0.39, 0.29) is 17.0 Å². The molecule has 0 spiro atoms. The van der Waals surface area contributed by atoms with E-state index in [4.69, 9.17) is 4.74 Å². The van der Waals surface area contributed by atoms with Crippen molar-refractivity contribution in [2.24, 2.45) is 0 Å². The Hall–Kier alpha value is -1.91. The molecule has 0 unspecified atom stereocenters. The normalized spacial score (nSPS) is 10.0. The van der Waals surface area contributed by atoms with Crippen molar-refractivity contribution in [1.29, 1.82) is 0 Å². The SMILES string of the molecule is CCCCOc1ccc(C(C)=O)c([N+](=O)[O-])c1. The van der Waals surface area contributed by atoms with Gasteiger partial charge in [0, 0.05) is 0 Å². The van der Waals surface area contributed by atoms with E-state index in [1.807, 2.05) is 6.92 Å². The van der Waals surface area contributed by atoms with Crippen LogP contribution >= 0.6 is 0 Å². The highest BCUT2D eigenvalue weighted by atomic mass is 16.6. The molecule has 1 aromatic carbocycles. The molecule has 0 N–H and O–H groups in total. The first kappa shape index (κ1) is 13.2. The quantitative estimate of drug-likeness (QED) is 0.330. The van der Waals surface area contributed by atoms with E-state index in [1.54, 1.807) is 6.07 Å². The zero-order valence-corrected chi connectivity index (χ0v) is 9.93. The summed E-state index contributed by atoms with van der Waals surface area (Å²) in [5, 5.41) is 10.8. The van der Waals surface area contributed by atoms with E-state index in [9.17, 15) is 14.9 Å². The van der Waals surface area contributed by atoms with Crippen molar-refractivity contribution >= 4 is 11.5 Å². The smallest absolute Gasteiger partial charge is 0.283 e. The number of hydrogen-bond donors (Lipinski definition) is 0. The van der Waals surface area contributed by atoms with Gasteiger partial charge in [0.05, 0.1) is 23.2 Å². The summed E-state index contributed by atoms with van der Waals surface area (Å²) in [7, 11) is 0. The number of benzene rings is 1. The lowest BCUT2D eigenvalue weighted by Crippen LogP contribution is -2.02. The van der Waals surface area contributed by atoms with Crippen LogP contribution in [-0.2, 0) is 0 Å². The summed E-state index contributed by atoms with van der Waals surface area (Å²) in [6.45, 7) is 3.86. The third kappa shape index (κ3) is 3.55. The minimum absolute atomic E-state index is 0.109. The fraction of sp³-hybridized carbons (Fsp3) is 0.417. The molecule has 0 bridgehead atoms. The number of ketones is 1. The number of ether oxygens (including phenoxy) is 1. The summed E-state index contributed by atoms with van der Waals surface area (Å²) in [5.41, 5.74) is -0.0932. The molecule has 17 heavy (non-hydrogen) atoms. The van der Waals surface area contributed by atoms with Crippen LogP contribution in [0, 0.1) is 10.1 Å². The van der Waals surface area contributed by atoms with E-state index >= 15 is 0 Å². The maximum Gasteiger partial charge on any atom is 0.283 e. The highest BCUT2D eigenvalue weighted by Crippen LogP contribution is 2.25. The van der Waals surface area contributed by atoms with Crippen molar-refractivity contribution in [2.45, 2.75) is 26.7 Å². The molecule has 0 saturated carbocycles. The minimum Gasteiger partial charge on any atom is -0.493 e. The van der Waals surface area contributed by atoms with Crippen LogP contribution < -0.4 is 4.74 Å². The van der Waals surface area contributed by atoms with Gasteiger partial charge in [0.15, 0.2) is 5.78 Å². The van der Waals surface area contributed by atoms with Crippen molar-refractivity contribution < 1.29 is 14.5 Å². The molecule has 0 amide bonds. The lowest BCUT2D eigenvalue weighted by molar-refractivity contribution is -0.385. The first-order chi connectivity index (χ1) is 8.06. The lowest BCUT2D eigenvalue weighted by Gasteiger charge is -2.06. The summed E-state index contributed by atoms with van der Waals surface area (Å²) >= 11 is 0. The van der Waals surface area contributed by atoms with Gasteiger partial charge in [-0.1, -0.05) is 13.3 Å². The van der Waals surface area contributed by atoms with E-state index in [2.05, 4.69) is 0 Å². The standard InChI is InChI=1S/C12H15NO4/c1-3-4-7-17-10-5-6-11(9(2)14)12(8-10)13(15)16/h5-6,8H,3-4,7H2,1-2H3. The van der Waals surface area contributed by atoms with Gasteiger partial charge in [-0.05, 0) is 25.5 Å². The average Bonchev–Trinajstić information content (AvgIpc) is 2.29. The Morgan fingerprint density at radius 3 is 2.71 bits per heavy atom. The molecule has 0 heterocycles. The molecule has 0 aromatic heterocycles. The molecule has 0 atom stereocenters. The molecule has 0 aliphatic rings. The monoisotopic (exact) mass is 237 g/mol. The fourth-order valence-corrected chi connectivity index (χ4v) is 1.38. The Morgan fingerprint density at radius 2 is 2.18 bits per heavy atom. The van der Waals surface area contributed by atoms with E-state index in [0.29, 0.717) is 12.4 Å². The maximum absolute atomic E-state index is 11.2. The molecule has 0 radical (unpaired) electrons. The predicted octanol–water partition coefficient (Wildman–Crippen LogP) is 2.98. The number of carbonyl (C=O) groups is 1. The molecule has 5 heteroatoms. The number of nitrogens with zero attached hydrogens (tertiary/aromatic N) is 1. The second-order valence-corrected chi connectivity index (χ2v) is 3.69. The molecule has 1 aromatic rings. The maximum atomic E-state index is 11.2. The van der Waals surface area contributed by atoms with Crippen molar-refractivity contribution in [3.8, 4) is 5.75 Å². The molecular formula is C12H15NO4. The van der Waals surface area contributed by atoms with Crippen LogP contribution in [0.25, 0.3) is 0 Å². The molecule has 0 fully saturated rings. The number of nitro groups is 1. The number of rotatable bonds is 6. The Bertz CT molecular complexity index is 429. The molecule has 0 aliphatic heterocycles. The first-order valence-electron chi connectivity index (χ1n) is 5.48. The third-order valence-corrected chi connectivity index (χ3v) is 2.31. The van der Waals surface area contributed by atoms with E-state index in [1.165, 1.54) is 19.1 Å². The zero-order chi connectivity index (χ0) is 12.8. The van der Waals surface area contributed by atoms with Gasteiger partial charge in [-0.3, -0.25) is 14.9 Å². The van der Waals surface area contributed by atoms with Crippen molar-refractivity contribution in [3.63, 3.8) is 0 Å². The lowest BCUT2D eigenvalue weighted by atomic mass is 10.1. The molecule has 92 valence electrons. The highest BCUT2D eigenvalue weighted by molar-refractivity contribution is 5.98. The topological polar surface area (TPSA) is 69.4 Å². The van der Waals surface area contributed by atoms with Gasteiger partial charge >= 0.3 is 0 Å². The van der Waals surface area contributed by atoms with Crippen LogP contribution in [0.15, 0.2) is 18.2 Å². The molecule has 0 saturated heterocycles. The van der Waals surface area contributed by atoms with Crippen molar-refractivity contribution in [3.05, 3.63) is 33.9 Å². The van der Waals surface area contributed by atoms with Crippen LogP contribution in [0.4, 0.5) is 5.69 Å². The Morgan fingerprint density at radius 1 is 1.47 bits per heavy atom. The summed E-state index contributed by atoms with van der Waals surface area (Å²) in [5.74, 6) is 0.104. The van der Waals surface area contributed by atoms with Crippen molar-refractivity contribution in [2.75, 3.05) is 6.61 Å². The van der Waals surface area contributed by atoms with Gasteiger partial charge in [-0.2, -0.15) is 0 Å². The Kier molecular flexibility index (Phi) is 4.63. The van der Waals surface area contributed by atoms with Gasteiger partial charge in [0.1, 0.15) is 5.75 Å². The van der Waals surface area contributed by atoms with Crippen LogP contribution in [0.2, 0.25) is 0 Å². The number of carbonyl (C=O) groups excluding carboxylic acids is 1. The number of nitro benzene ring substituents is 1. The number of unbranched alkanes of at least 4 members (excludes halogenated alkanes) is 1. The summed E-state index contributed by atoms with van der Waals surface area (Å²) in [6.07, 6.45) is 1.88. The zero-order valence-electron chi connectivity index (χ0n) is 9.93. The Balaban J connectivity index is 2.94.